The minimum absolute atomic E-state index is 0.139. The number of aliphatic hydroxyl groups is 1. The van der Waals surface area contributed by atoms with Crippen molar-refractivity contribution in [3.05, 3.63) is 48.5 Å². The van der Waals surface area contributed by atoms with E-state index < -0.39 is 0 Å². The highest BCUT2D eigenvalue weighted by Gasteiger charge is 2.12. The zero-order valence-corrected chi connectivity index (χ0v) is 13.0. The molecule has 0 saturated heterocycles. The molecule has 0 bridgehead atoms. The molecule has 0 amide bonds. The van der Waals surface area contributed by atoms with E-state index in [9.17, 15) is 0 Å². The molecule has 24 heavy (non-hydrogen) atoms. The van der Waals surface area contributed by atoms with Crippen molar-refractivity contribution in [2.45, 2.75) is 12.8 Å². The predicted octanol–water partition coefficient (Wildman–Crippen LogP) is 2.68. The molecule has 0 radical (unpaired) electrons. The quantitative estimate of drug-likeness (QED) is 0.537. The van der Waals surface area contributed by atoms with E-state index >= 15 is 0 Å². The summed E-state index contributed by atoms with van der Waals surface area (Å²) in [7, 11) is 0. The molecule has 0 atom stereocenters. The smallest absolute Gasteiger partial charge is 0.150 e. The minimum Gasteiger partial charge on any atom is -0.396 e. The molecular weight excluding hydrogens is 302 g/mol. The average Bonchev–Trinajstić information content (AvgIpc) is 3.05. The maximum absolute atomic E-state index is 8.98. The summed E-state index contributed by atoms with van der Waals surface area (Å²) in [6, 6.07) is 9.98. The SMILES string of the molecule is Nc1nc2cc(-c3cccnc3)ccc2c2nc(CCCO)[nH]c12. The van der Waals surface area contributed by atoms with Crippen molar-refractivity contribution < 1.29 is 5.11 Å². The fourth-order valence-corrected chi connectivity index (χ4v) is 2.89. The maximum atomic E-state index is 8.98. The van der Waals surface area contributed by atoms with Gasteiger partial charge in [0.25, 0.3) is 0 Å². The Balaban J connectivity index is 1.88. The Bertz CT molecular complexity index is 1010. The molecule has 0 saturated carbocycles. The van der Waals surface area contributed by atoms with Crippen molar-refractivity contribution in [1.29, 1.82) is 0 Å². The molecule has 3 heterocycles. The highest BCUT2D eigenvalue weighted by Crippen LogP contribution is 2.29. The monoisotopic (exact) mass is 319 g/mol. The minimum atomic E-state index is 0.139. The number of aromatic nitrogens is 4. The highest BCUT2D eigenvalue weighted by atomic mass is 16.2. The van der Waals surface area contributed by atoms with E-state index in [0.29, 0.717) is 18.7 Å². The van der Waals surface area contributed by atoms with Crippen LogP contribution in [0.4, 0.5) is 5.82 Å². The first-order valence-electron chi connectivity index (χ1n) is 7.85. The van der Waals surface area contributed by atoms with Crippen LogP contribution in [0.3, 0.4) is 0 Å². The largest absolute Gasteiger partial charge is 0.396 e. The molecule has 4 aromatic rings. The lowest BCUT2D eigenvalue weighted by Gasteiger charge is -2.05. The van der Waals surface area contributed by atoms with E-state index in [0.717, 1.165) is 38.9 Å². The van der Waals surface area contributed by atoms with Crippen LogP contribution >= 0.6 is 0 Å². The summed E-state index contributed by atoms with van der Waals surface area (Å²) >= 11 is 0. The van der Waals surface area contributed by atoms with Crippen LogP contribution in [0.15, 0.2) is 42.7 Å². The number of fused-ring (bicyclic) bond motifs is 3. The summed E-state index contributed by atoms with van der Waals surface area (Å²) < 4.78 is 0. The van der Waals surface area contributed by atoms with E-state index in [1.165, 1.54) is 0 Å². The number of rotatable bonds is 4. The molecule has 6 nitrogen and oxygen atoms in total. The first-order valence-corrected chi connectivity index (χ1v) is 7.85. The molecule has 0 aliphatic rings. The number of nitrogens with one attached hydrogen (secondary N) is 1. The number of nitrogens with zero attached hydrogens (tertiary/aromatic N) is 3. The number of benzene rings is 1. The van der Waals surface area contributed by atoms with Crippen LogP contribution in [-0.2, 0) is 6.42 Å². The molecule has 0 fully saturated rings. The van der Waals surface area contributed by atoms with Crippen molar-refractivity contribution in [2.75, 3.05) is 12.3 Å². The number of pyridine rings is 2. The summed E-state index contributed by atoms with van der Waals surface area (Å²) in [6.45, 7) is 0.139. The Morgan fingerprint density at radius 1 is 1.12 bits per heavy atom. The number of H-pyrrole nitrogens is 1. The van der Waals surface area contributed by atoms with Gasteiger partial charge in [-0.1, -0.05) is 12.1 Å². The number of nitrogen functional groups attached to an aromatic ring is 1. The van der Waals surface area contributed by atoms with Gasteiger partial charge in [0.1, 0.15) is 22.7 Å². The summed E-state index contributed by atoms with van der Waals surface area (Å²) in [4.78, 5) is 16.5. The number of aryl methyl sites for hydroxylation is 1. The lowest BCUT2D eigenvalue weighted by atomic mass is 10.0. The van der Waals surface area contributed by atoms with Crippen LogP contribution in [0.5, 0.6) is 0 Å². The van der Waals surface area contributed by atoms with Crippen molar-refractivity contribution in [3.8, 4) is 11.1 Å². The molecule has 120 valence electrons. The fourth-order valence-electron chi connectivity index (χ4n) is 2.89. The zero-order chi connectivity index (χ0) is 16.5. The summed E-state index contributed by atoms with van der Waals surface area (Å²) in [5.41, 5.74) is 10.6. The normalized spacial score (nSPS) is 11.4. The number of hydrogen-bond donors (Lipinski definition) is 3. The Labute approximate surface area is 138 Å². The third-order valence-corrected chi connectivity index (χ3v) is 4.07. The van der Waals surface area contributed by atoms with Crippen LogP contribution in [-0.4, -0.2) is 31.6 Å². The van der Waals surface area contributed by atoms with Crippen LogP contribution in [0.1, 0.15) is 12.2 Å². The van der Waals surface area contributed by atoms with E-state index in [1.54, 1.807) is 6.20 Å². The molecular formula is C18H17N5O. The highest BCUT2D eigenvalue weighted by molar-refractivity contribution is 6.07. The summed E-state index contributed by atoms with van der Waals surface area (Å²) in [6.07, 6.45) is 4.92. The topological polar surface area (TPSA) is 101 Å². The Kier molecular flexibility index (Phi) is 3.59. The molecule has 0 unspecified atom stereocenters. The van der Waals surface area contributed by atoms with Gasteiger partial charge in [0, 0.05) is 36.4 Å². The standard InChI is InChI=1S/C18H17N5O/c19-18-17-16(22-15(23-17)4-2-8-24)13-6-5-11(9-14(13)21-18)12-3-1-7-20-10-12/h1,3,5-7,9-10,24H,2,4,8H2,(H2,19,21)(H,22,23). The van der Waals surface area contributed by atoms with E-state index in [1.807, 2.05) is 36.5 Å². The lowest BCUT2D eigenvalue weighted by molar-refractivity contribution is 0.287. The first-order chi connectivity index (χ1) is 11.8. The van der Waals surface area contributed by atoms with Gasteiger partial charge in [-0.25, -0.2) is 9.97 Å². The van der Waals surface area contributed by atoms with Gasteiger partial charge in [0.05, 0.1) is 5.52 Å². The number of imidazole rings is 1. The number of nitrogens with two attached hydrogens (primary N) is 1. The number of aromatic amines is 1. The lowest BCUT2D eigenvalue weighted by Crippen LogP contribution is -1.93. The predicted molar refractivity (Wildman–Crippen MR) is 94.4 cm³/mol. The third-order valence-electron chi connectivity index (χ3n) is 4.07. The second kappa shape index (κ2) is 5.90. The molecule has 0 aliphatic heterocycles. The van der Waals surface area contributed by atoms with E-state index in [4.69, 9.17) is 10.8 Å². The van der Waals surface area contributed by atoms with Gasteiger partial charge in [-0.05, 0) is 30.2 Å². The van der Waals surface area contributed by atoms with Crippen molar-refractivity contribution >= 4 is 27.8 Å². The van der Waals surface area contributed by atoms with Gasteiger partial charge >= 0.3 is 0 Å². The van der Waals surface area contributed by atoms with Gasteiger partial charge < -0.3 is 15.8 Å². The van der Waals surface area contributed by atoms with Gasteiger partial charge in [0.2, 0.25) is 0 Å². The third kappa shape index (κ3) is 2.47. The number of hydrogen-bond acceptors (Lipinski definition) is 5. The van der Waals surface area contributed by atoms with E-state index in [2.05, 4.69) is 19.9 Å². The van der Waals surface area contributed by atoms with Crippen molar-refractivity contribution in [2.24, 2.45) is 0 Å². The summed E-state index contributed by atoms with van der Waals surface area (Å²) in [5, 5.41) is 9.94. The fraction of sp³-hybridized carbons (Fsp3) is 0.167. The van der Waals surface area contributed by atoms with Gasteiger partial charge in [-0.2, -0.15) is 0 Å². The molecule has 4 N–H and O–H groups in total. The molecule has 1 aromatic carbocycles. The second-order valence-corrected chi connectivity index (χ2v) is 5.70. The first kappa shape index (κ1) is 14.6. The van der Waals surface area contributed by atoms with E-state index in [-0.39, 0.29) is 6.61 Å². The molecule has 3 aromatic heterocycles. The van der Waals surface area contributed by atoms with Crippen molar-refractivity contribution in [1.82, 2.24) is 19.9 Å². The summed E-state index contributed by atoms with van der Waals surface area (Å²) in [5.74, 6) is 1.25. The number of aliphatic hydroxyl groups excluding tert-OH is 1. The Morgan fingerprint density at radius 3 is 2.83 bits per heavy atom. The van der Waals surface area contributed by atoms with Crippen LogP contribution < -0.4 is 5.73 Å². The van der Waals surface area contributed by atoms with Crippen LogP contribution in [0, 0.1) is 0 Å². The Hall–Kier alpha value is -2.99. The van der Waals surface area contributed by atoms with Gasteiger partial charge in [-0.3, -0.25) is 4.98 Å². The van der Waals surface area contributed by atoms with Gasteiger partial charge in [0.15, 0.2) is 0 Å². The van der Waals surface area contributed by atoms with Gasteiger partial charge in [-0.15, -0.1) is 0 Å². The molecule has 6 heteroatoms. The average molecular weight is 319 g/mol. The number of anilines is 1. The molecule has 0 spiro atoms. The van der Waals surface area contributed by atoms with Crippen LogP contribution in [0.25, 0.3) is 33.1 Å². The zero-order valence-electron chi connectivity index (χ0n) is 13.0. The van der Waals surface area contributed by atoms with Crippen molar-refractivity contribution in [3.63, 3.8) is 0 Å². The maximum Gasteiger partial charge on any atom is 0.150 e. The Morgan fingerprint density at radius 2 is 2.04 bits per heavy atom. The second-order valence-electron chi connectivity index (χ2n) is 5.70. The molecule has 4 rings (SSSR count). The van der Waals surface area contributed by atoms with Crippen LogP contribution in [0.2, 0.25) is 0 Å². The molecule has 0 aliphatic carbocycles.